The van der Waals surface area contributed by atoms with Crippen molar-refractivity contribution >= 4 is 28.7 Å². The predicted octanol–water partition coefficient (Wildman–Crippen LogP) is 3.62. The molecule has 0 radical (unpaired) electrons. The van der Waals surface area contributed by atoms with Crippen LogP contribution in [0.15, 0.2) is 60.9 Å². The summed E-state index contributed by atoms with van der Waals surface area (Å²) in [5, 5.41) is 29.1. The molecule has 0 atom stereocenters. The van der Waals surface area contributed by atoms with E-state index in [1.54, 1.807) is 41.3 Å². The third kappa shape index (κ3) is 4.30. The molecule has 4 rings (SSSR count). The lowest BCUT2D eigenvalue weighted by Gasteiger charge is -2.14. The second-order valence-electron chi connectivity index (χ2n) is 7.77. The van der Waals surface area contributed by atoms with Crippen LogP contribution in [0.5, 0.6) is 0 Å². The minimum Gasteiger partial charge on any atom is -0.352 e. The first kappa shape index (κ1) is 22.5. The van der Waals surface area contributed by atoms with Crippen molar-refractivity contribution in [3.63, 3.8) is 0 Å². The summed E-state index contributed by atoms with van der Waals surface area (Å²) >= 11 is 0. The fourth-order valence-electron chi connectivity index (χ4n) is 3.70. The number of carbonyl (C=O) groups excluding carboxylic acids is 2. The highest BCUT2D eigenvalue weighted by molar-refractivity contribution is 6.00. The van der Waals surface area contributed by atoms with Gasteiger partial charge >= 0.3 is 0 Å². The summed E-state index contributed by atoms with van der Waals surface area (Å²) in [6.07, 6.45) is 3.04. The summed E-state index contributed by atoms with van der Waals surface area (Å²) in [4.78, 5) is 24.8. The minimum absolute atomic E-state index is 0.243. The Hall–Kier alpha value is -4.68. The van der Waals surface area contributed by atoms with Crippen LogP contribution in [0.4, 0.5) is 11.4 Å². The standard InChI is InChI=1S/C25H22N6O3/c1-15-8-9-18(24(32)30-34)10-21(15)29-22-19(11-26)13-28-31-14-20(16(2)23(22)31)25(33)27-12-17-6-4-3-5-7-17/h3-10,13-14,29,34H,12H2,1-2H3,(H,27,33)(H,30,32). The number of hydrogen-bond donors (Lipinski definition) is 4. The molecule has 9 nitrogen and oxygen atoms in total. The number of hydrogen-bond acceptors (Lipinski definition) is 6. The smallest absolute Gasteiger partial charge is 0.274 e. The Labute approximate surface area is 195 Å². The maximum atomic E-state index is 12.9. The van der Waals surface area contributed by atoms with Gasteiger partial charge in [0.05, 0.1) is 28.5 Å². The van der Waals surface area contributed by atoms with Crippen molar-refractivity contribution in [3.05, 3.63) is 94.3 Å². The van der Waals surface area contributed by atoms with E-state index in [9.17, 15) is 14.9 Å². The first-order valence-corrected chi connectivity index (χ1v) is 10.5. The second-order valence-corrected chi connectivity index (χ2v) is 7.77. The number of benzene rings is 2. The molecule has 9 heteroatoms. The Balaban J connectivity index is 1.73. The number of hydroxylamine groups is 1. The average Bonchev–Trinajstić information content (AvgIpc) is 3.20. The van der Waals surface area contributed by atoms with E-state index in [0.29, 0.717) is 34.6 Å². The van der Waals surface area contributed by atoms with Crippen LogP contribution in [0, 0.1) is 25.2 Å². The molecular weight excluding hydrogens is 432 g/mol. The fourth-order valence-corrected chi connectivity index (χ4v) is 3.70. The van der Waals surface area contributed by atoms with E-state index >= 15 is 0 Å². The molecule has 0 saturated carbocycles. The normalized spacial score (nSPS) is 10.5. The molecule has 34 heavy (non-hydrogen) atoms. The van der Waals surface area contributed by atoms with Gasteiger partial charge in [-0.2, -0.15) is 10.4 Å². The largest absolute Gasteiger partial charge is 0.352 e. The monoisotopic (exact) mass is 454 g/mol. The topological polar surface area (TPSA) is 132 Å². The second kappa shape index (κ2) is 9.44. The first-order chi connectivity index (χ1) is 16.4. The fraction of sp³-hybridized carbons (Fsp3) is 0.120. The Bertz CT molecular complexity index is 1440. The van der Waals surface area contributed by atoms with Crippen LogP contribution in [-0.4, -0.2) is 26.6 Å². The minimum atomic E-state index is -0.653. The van der Waals surface area contributed by atoms with Gasteiger partial charge in [-0.25, -0.2) is 10.00 Å². The maximum Gasteiger partial charge on any atom is 0.274 e. The van der Waals surface area contributed by atoms with Gasteiger partial charge in [-0.1, -0.05) is 36.4 Å². The van der Waals surface area contributed by atoms with Crippen LogP contribution < -0.4 is 16.1 Å². The number of aromatic nitrogens is 2. The molecule has 0 bridgehead atoms. The van der Waals surface area contributed by atoms with Gasteiger partial charge < -0.3 is 10.6 Å². The van der Waals surface area contributed by atoms with Gasteiger partial charge in [-0.3, -0.25) is 14.8 Å². The molecule has 0 saturated heterocycles. The molecule has 2 heterocycles. The Morgan fingerprint density at radius 2 is 1.88 bits per heavy atom. The van der Waals surface area contributed by atoms with Gasteiger partial charge in [0.1, 0.15) is 6.07 Å². The molecule has 0 aliphatic heterocycles. The third-order valence-electron chi connectivity index (χ3n) is 5.58. The van der Waals surface area contributed by atoms with Crippen LogP contribution in [0.3, 0.4) is 0 Å². The van der Waals surface area contributed by atoms with Crippen molar-refractivity contribution in [1.82, 2.24) is 20.4 Å². The van der Waals surface area contributed by atoms with Gasteiger partial charge in [0, 0.05) is 24.0 Å². The SMILES string of the molecule is Cc1ccc(C(=O)NO)cc1Nc1c(C#N)cnn2cc(C(=O)NCc3ccccc3)c(C)c12. The van der Waals surface area contributed by atoms with E-state index in [1.165, 1.54) is 6.20 Å². The molecule has 0 aliphatic rings. The van der Waals surface area contributed by atoms with Crippen molar-refractivity contribution in [1.29, 1.82) is 5.26 Å². The van der Waals surface area contributed by atoms with Gasteiger partial charge in [0.15, 0.2) is 0 Å². The van der Waals surface area contributed by atoms with E-state index in [-0.39, 0.29) is 17.0 Å². The van der Waals surface area contributed by atoms with Crippen molar-refractivity contribution in [2.45, 2.75) is 20.4 Å². The van der Waals surface area contributed by atoms with Crippen LogP contribution in [0.25, 0.3) is 5.52 Å². The summed E-state index contributed by atoms with van der Waals surface area (Å²) in [6.45, 7) is 4.02. The van der Waals surface area contributed by atoms with Crippen LogP contribution >= 0.6 is 0 Å². The molecular formula is C25H22N6O3. The van der Waals surface area contributed by atoms with E-state index in [4.69, 9.17) is 5.21 Å². The Kier molecular flexibility index (Phi) is 6.25. The van der Waals surface area contributed by atoms with Gasteiger partial charge in [-0.15, -0.1) is 0 Å². The summed E-state index contributed by atoms with van der Waals surface area (Å²) in [6, 6.07) is 16.6. The molecule has 2 aromatic carbocycles. The number of amides is 2. The molecule has 0 aliphatic carbocycles. The highest BCUT2D eigenvalue weighted by Crippen LogP contribution is 2.31. The van der Waals surface area contributed by atoms with Crippen LogP contribution in [-0.2, 0) is 6.54 Å². The Morgan fingerprint density at radius 1 is 1.12 bits per heavy atom. The van der Waals surface area contributed by atoms with Crippen LogP contribution in [0.1, 0.15) is 43.0 Å². The number of nitrogens with zero attached hydrogens (tertiary/aromatic N) is 3. The first-order valence-electron chi connectivity index (χ1n) is 10.5. The molecule has 4 aromatic rings. The molecule has 2 aromatic heterocycles. The number of nitrogens with one attached hydrogen (secondary N) is 3. The average molecular weight is 454 g/mol. The van der Waals surface area contributed by atoms with Gasteiger partial charge in [0.2, 0.25) is 0 Å². The maximum absolute atomic E-state index is 12.9. The lowest BCUT2D eigenvalue weighted by atomic mass is 10.1. The van der Waals surface area contributed by atoms with Crippen molar-refractivity contribution in [2.75, 3.05) is 5.32 Å². The zero-order chi connectivity index (χ0) is 24.2. The van der Waals surface area contributed by atoms with Crippen LogP contribution in [0.2, 0.25) is 0 Å². The third-order valence-corrected chi connectivity index (χ3v) is 5.58. The highest BCUT2D eigenvalue weighted by atomic mass is 16.5. The van der Waals surface area contributed by atoms with E-state index < -0.39 is 5.91 Å². The lowest BCUT2D eigenvalue weighted by molar-refractivity contribution is 0.0706. The van der Waals surface area contributed by atoms with Crippen molar-refractivity contribution < 1.29 is 14.8 Å². The molecule has 2 amide bonds. The summed E-state index contributed by atoms with van der Waals surface area (Å²) in [7, 11) is 0. The molecule has 170 valence electrons. The number of aryl methyl sites for hydroxylation is 2. The lowest BCUT2D eigenvalue weighted by Crippen LogP contribution is -2.22. The van der Waals surface area contributed by atoms with Gasteiger partial charge in [0.25, 0.3) is 11.8 Å². The number of fused-ring (bicyclic) bond motifs is 1. The number of nitriles is 1. The summed E-state index contributed by atoms with van der Waals surface area (Å²) in [5.41, 5.74) is 6.62. The number of rotatable bonds is 6. The van der Waals surface area contributed by atoms with E-state index in [0.717, 1.165) is 11.1 Å². The molecule has 0 spiro atoms. The zero-order valence-corrected chi connectivity index (χ0v) is 18.6. The number of carbonyl (C=O) groups is 2. The highest BCUT2D eigenvalue weighted by Gasteiger charge is 2.20. The summed E-state index contributed by atoms with van der Waals surface area (Å²) < 4.78 is 1.55. The molecule has 4 N–H and O–H groups in total. The van der Waals surface area contributed by atoms with Crippen molar-refractivity contribution in [2.24, 2.45) is 0 Å². The Morgan fingerprint density at radius 3 is 2.59 bits per heavy atom. The predicted molar refractivity (Wildman–Crippen MR) is 126 cm³/mol. The zero-order valence-electron chi connectivity index (χ0n) is 18.6. The molecule has 0 unspecified atom stereocenters. The quantitative estimate of drug-likeness (QED) is 0.260. The van der Waals surface area contributed by atoms with E-state index in [2.05, 4.69) is 21.8 Å². The number of anilines is 2. The van der Waals surface area contributed by atoms with Gasteiger partial charge in [-0.05, 0) is 42.7 Å². The summed E-state index contributed by atoms with van der Waals surface area (Å²) in [5.74, 6) is -0.909. The van der Waals surface area contributed by atoms with E-state index in [1.807, 2.05) is 37.3 Å². The molecule has 0 fully saturated rings. The van der Waals surface area contributed by atoms with Crippen molar-refractivity contribution in [3.8, 4) is 6.07 Å².